The van der Waals surface area contributed by atoms with Crippen molar-refractivity contribution >= 4 is 35.0 Å². The van der Waals surface area contributed by atoms with Crippen molar-refractivity contribution in [3.8, 4) is 11.5 Å². The number of imide groups is 1. The molecule has 0 aromatic heterocycles. The molecule has 1 aliphatic heterocycles. The number of hydrogen-bond donors (Lipinski definition) is 1. The number of aromatic carboxylic acids is 1. The fraction of sp³-hybridized carbons (Fsp3) is 0.148. The molecule has 0 radical (unpaired) electrons. The van der Waals surface area contributed by atoms with Gasteiger partial charge in [-0.3, -0.25) is 14.5 Å². The highest BCUT2D eigenvalue weighted by Gasteiger charge is 2.35. The Balaban J connectivity index is 1.48. The second-order valence-corrected chi connectivity index (χ2v) is 8.68. The molecular weight excluding hydrogens is 466 g/mol. The minimum atomic E-state index is -0.982. The van der Waals surface area contributed by atoms with Gasteiger partial charge in [0.2, 0.25) is 0 Å². The molecule has 3 aromatic carbocycles. The summed E-state index contributed by atoms with van der Waals surface area (Å²) in [4.78, 5) is 37.9. The van der Waals surface area contributed by atoms with E-state index in [9.17, 15) is 14.4 Å². The zero-order valence-electron chi connectivity index (χ0n) is 19.0. The van der Waals surface area contributed by atoms with Crippen LogP contribution in [0.3, 0.4) is 0 Å². The first kappa shape index (κ1) is 24.1. The molecule has 2 amide bonds. The van der Waals surface area contributed by atoms with Crippen molar-refractivity contribution in [2.75, 3.05) is 6.61 Å². The number of thioether (sulfide) groups is 1. The van der Waals surface area contributed by atoms with Crippen LogP contribution in [0.2, 0.25) is 0 Å². The Labute approximate surface area is 207 Å². The van der Waals surface area contributed by atoms with E-state index in [0.717, 1.165) is 22.9 Å². The molecule has 0 unspecified atom stereocenters. The van der Waals surface area contributed by atoms with Crippen LogP contribution in [0.1, 0.15) is 34.0 Å². The van der Waals surface area contributed by atoms with E-state index in [1.165, 1.54) is 17.0 Å². The number of amides is 2. The summed E-state index contributed by atoms with van der Waals surface area (Å²) in [5.41, 5.74) is 2.61. The van der Waals surface area contributed by atoms with Gasteiger partial charge < -0.3 is 14.6 Å². The normalized spacial score (nSPS) is 14.4. The highest BCUT2D eigenvalue weighted by molar-refractivity contribution is 8.18. The monoisotopic (exact) mass is 489 g/mol. The fourth-order valence-electron chi connectivity index (χ4n) is 3.46. The summed E-state index contributed by atoms with van der Waals surface area (Å²) in [5, 5.41) is 8.72. The molecule has 0 bridgehead atoms. The zero-order chi connectivity index (χ0) is 24.8. The number of nitrogens with zero attached hydrogens (tertiary/aromatic N) is 1. The van der Waals surface area contributed by atoms with Crippen molar-refractivity contribution in [1.29, 1.82) is 0 Å². The lowest BCUT2D eigenvalue weighted by Gasteiger charge is -2.13. The Morgan fingerprint density at radius 3 is 2.37 bits per heavy atom. The Kier molecular flexibility index (Phi) is 7.52. The number of carboxylic acid groups (broad SMARTS) is 1. The summed E-state index contributed by atoms with van der Waals surface area (Å²) in [6.07, 6.45) is 1.67. The van der Waals surface area contributed by atoms with E-state index in [2.05, 4.69) is 0 Å². The Morgan fingerprint density at radius 1 is 0.943 bits per heavy atom. The third-order valence-corrected chi connectivity index (χ3v) is 6.13. The molecule has 178 valence electrons. The molecule has 0 atom stereocenters. The topological polar surface area (TPSA) is 93.1 Å². The number of ether oxygens (including phenoxy) is 2. The first-order chi connectivity index (χ1) is 16.9. The van der Waals surface area contributed by atoms with Crippen LogP contribution in [0.5, 0.6) is 11.5 Å². The Bertz CT molecular complexity index is 1270. The van der Waals surface area contributed by atoms with Crippen LogP contribution in [0.4, 0.5) is 4.79 Å². The average molecular weight is 490 g/mol. The minimum Gasteiger partial charge on any atom is -0.490 e. The van der Waals surface area contributed by atoms with Gasteiger partial charge in [0.15, 0.2) is 11.5 Å². The number of hydrogen-bond acceptors (Lipinski definition) is 6. The van der Waals surface area contributed by atoms with Gasteiger partial charge in [-0.1, -0.05) is 48.5 Å². The van der Waals surface area contributed by atoms with Crippen LogP contribution in [-0.4, -0.2) is 33.7 Å². The van der Waals surface area contributed by atoms with Crippen LogP contribution in [0.25, 0.3) is 6.08 Å². The van der Waals surface area contributed by atoms with Gasteiger partial charge in [0.05, 0.1) is 23.6 Å². The molecule has 1 aliphatic rings. The van der Waals surface area contributed by atoms with Crippen LogP contribution in [-0.2, 0) is 17.9 Å². The molecule has 1 fully saturated rings. The molecule has 0 aliphatic carbocycles. The van der Waals surface area contributed by atoms with E-state index in [4.69, 9.17) is 14.6 Å². The molecule has 35 heavy (non-hydrogen) atoms. The molecule has 3 aromatic rings. The number of benzene rings is 3. The highest BCUT2D eigenvalue weighted by Crippen LogP contribution is 2.35. The second-order valence-electron chi connectivity index (χ2n) is 7.68. The molecule has 4 rings (SSSR count). The summed E-state index contributed by atoms with van der Waals surface area (Å²) in [6, 6.07) is 21.1. The fourth-order valence-corrected chi connectivity index (χ4v) is 4.30. The molecule has 0 spiro atoms. The molecule has 8 heteroatoms. The van der Waals surface area contributed by atoms with Crippen molar-refractivity contribution in [3.63, 3.8) is 0 Å². The first-order valence-corrected chi connectivity index (χ1v) is 11.8. The van der Waals surface area contributed by atoms with Crippen molar-refractivity contribution in [2.24, 2.45) is 0 Å². The predicted octanol–water partition coefficient (Wildman–Crippen LogP) is 5.60. The third kappa shape index (κ3) is 5.91. The van der Waals surface area contributed by atoms with Crippen LogP contribution >= 0.6 is 11.8 Å². The van der Waals surface area contributed by atoms with Gasteiger partial charge >= 0.3 is 5.97 Å². The summed E-state index contributed by atoms with van der Waals surface area (Å²) >= 11 is 0.915. The quantitative estimate of drug-likeness (QED) is 0.391. The lowest BCUT2D eigenvalue weighted by atomic mass is 10.1. The van der Waals surface area contributed by atoms with Crippen molar-refractivity contribution in [3.05, 3.63) is 100.0 Å². The summed E-state index contributed by atoms with van der Waals surface area (Å²) in [6.45, 7) is 2.74. The first-order valence-electron chi connectivity index (χ1n) is 11.0. The van der Waals surface area contributed by atoms with E-state index in [1.807, 2.05) is 37.3 Å². The number of carbonyl (C=O) groups excluding carboxylic acids is 2. The van der Waals surface area contributed by atoms with Gasteiger partial charge in [0.1, 0.15) is 6.61 Å². The van der Waals surface area contributed by atoms with Gasteiger partial charge in [-0.25, -0.2) is 4.79 Å². The molecule has 1 heterocycles. The van der Waals surface area contributed by atoms with Crippen molar-refractivity contribution in [1.82, 2.24) is 4.90 Å². The summed E-state index contributed by atoms with van der Waals surface area (Å²) in [7, 11) is 0. The maximum absolute atomic E-state index is 12.9. The van der Waals surface area contributed by atoms with E-state index < -0.39 is 5.97 Å². The van der Waals surface area contributed by atoms with E-state index in [1.54, 1.807) is 36.4 Å². The largest absolute Gasteiger partial charge is 0.490 e. The molecule has 0 saturated carbocycles. The second kappa shape index (κ2) is 10.9. The molecule has 1 N–H and O–H groups in total. The molecular formula is C27H23NO6S. The smallest absolute Gasteiger partial charge is 0.335 e. The molecule has 1 saturated heterocycles. The summed E-state index contributed by atoms with van der Waals surface area (Å²) < 4.78 is 11.6. The lowest BCUT2D eigenvalue weighted by Crippen LogP contribution is -2.27. The van der Waals surface area contributed by atoms with Crippen molar-refractivity contribution < 1.29 is 29.0 Å². The SMILES string of the molecule is CCOc1cc(/C=C2\SC(=O)N(Cc3ccccc3)C2=O)ccc1OCc1ccc(C(=O)O)cc1. The Morgan fingerprint density at radius 2 is 1.69 bits per heavy atom. The van der Waals surface area contributed by atoms with E-state index in [0.29, 0.717) is 28.6 Å². The molecule has 7 nitrogen and oxygen atoms in total. The van der Waals surface area contributed by atoms with Crippen LogP contribution < -0.4 is 9.47 Å². The minimum absolute atomic E-state index is 0.210. The maximum atomic E-state index is 12.9. The predicted molar refractivity (Wildman–Crippen MR) is 133 cm³/mol. The van der Waals surface area contributed by atoms with Gasteiger partial charge in [0, 0.05) is 0 Å². The van der Waals surface area contributed by atoms with Crippen molar-refractivity contribution in [2.45, 2.75) is 20.1 Å². The standard InChI is InChI=1S/C27H23NO6S/c1-2-33-23-14-20(10-13-22(23)34-17-19-8-11-21(12-9-19)26(30)31)15-24-25(29)28(27(32)35-24)16-18-6-4-3-5-7-18/h3-15H,2,16-17H2,1H3,(H,30,31)/b24-15-. The van der Waals surface area contributed by atoms with Crippen LogP contribution in [0, 0.1) is 0 Å². The Hall–Kier alpha value is -4.04. The zero-order valence-corrected chi connectivity index (χ0v) is 19.8. The van der Waals surface area contributed by atoms with E-state index in [-0.39, 0.29) is 29.9 Å². The number of carboxylic acids is 1. The number of rotatable bonds is 9. The van der Waals surface area contributed by atoms with E-state index >= 15 is 0 Å². The van der Waals surface area contributed by atoms with Gasteiger partial charge in [-0.2, -0.15) is 0 Å². The van der Waals surface area contributed by atoms with Crippen LogP contribution in [0.15, 0.2) is 77.7 Å². The highest BCUT2D eigenvalue weighted by atomic mass is 32.2. The van der Waals surface area contributed by atoms with Gasteiger partial charge in [0.25, 0.3) is 11.1 Å². The average Bonchev–Trinajstić information content (AvgIpc) is 3.12. The van der Waals surface area contributed by atoms with Gasteiger partial charge in [-0.05, 0) is 65.7 Å². The van der Waals surface area contributed by atoms with Gasteiger partial charge in [-0.15, -0.1) is 0 Å². The number of carbonyl (C=O) groups is 3. The third-order valence-electron chi connectivity index (χ3n) is 5.22. The maximum Gasteiger partial charge on any atom is 0.335 e. The lowest BCUT2D eigenvalue weighted by molar-refractivity contribution is -0.123. The summed E-state index contributed by atoms with van der Waals surface area (Å²) in [5.74, 6) is -0.285.